The predicted octanol–water partition coefficient (Wildman–Crippen LogP) is 2.28. The second-order valence-corrected chi connectivity index (χ2v) is 3.00. The van der Waals surface area contributed by atoms with E-state index in [1.807, 2.05) is 13.8 Å². The zero-order valence-electron chi connectivity index (χ0n) is 8.70. The third kappa shape index (κ3) is 3.09. The number of hydrogen-bond acceptors (Lipinski definition) is 3. The molecule has 0 aromatic rings. The van der Waals surface area contributed by atoms with Gasteiger partial charge < -0.3 is 9.84 Å². The van der Waals surface area contributed by atoms with Gasteiger partial charge in [0.2, 0.25) is 0 Å². The molecule has 0 heterocycles. The molecule has 0 fully saturated rings. The number of carbonyl (C=O) groups is 1. The molecule has 0 bridgehead atoms. The van der Waals surface area contributed by atoms with Crippen LogP contribution in [-0.2, 0) is 9.53 Å². The van der Waals surface area contributed by atoms with Crippen molar-refractivity contribution in [2.75, 3.05) is 0 Å². The first-order chi connectivity index (χ1) is 6.58. The molecule has 0 spiro atoms. The highest BCUT2D eigenvalue weighted by molar-refractivity contribution is 5.86. The van der Waals surface area contributed by atoms with E-state index in [0.29, 0.717) is 0 Å². The summed E-state index contributed by atoms with van der Waals surface area (Å²) in [5, 5.41) is 17.2. The molecule has 0 aliphatic carbocycles. The van der Waals surface area contributed by atoms with Gasteiger partial charge in [-0.25, -0.2) is 4.79 Å². The van der Waals surface area contributed by atoms with E-state index in [1.54, 1.807) is 0 Å². The van der Waals surface area contributed by atoms with Gasteiger partial charge in [0.25, 0.3) is 6.26 Å². The van der Waals surface area contributed by atoms with Gasteiger partial charge in [-0.15, -0.1) is 5.26 Å². The number of nitrogens with zero attached hydrogens (tertiary/aromatic N) is 1. The first-order valence-corrected chi connectivity index (χ1v) is 4.58. The fourth-order valence-electron chi connectivity index (χ4n) is 1.28. The molecule has 0 saturated heterocycles. The van der Waals surface area contributed by atoms with E-state index in [-0.39, 0.29) is 17.3 Å². The molecule has 0 aromatic carbocycles. The third-order valence-corrected chi connectivity index (χ3v) is 2.20. The summed E-state index contributed by atoms with van der Waals surface area (Å²) in [4.78, 5) is 10.7. The van der Waals surface area contributed by atoms with Crippen LogP contribution >= 0.6 is 0 Å². The van der Waals surface area contributed by atoms with Crippen molar-refractivity contribution in [3.05, 3.63) is 11.3 Å². The van der Waals surface area contributed by atoms with E-state index in [0.717, 1.165) is 12.8 Å². The van der Waals surface area contributed by atoms with E-state index in [2.05, 4.69) is 0 Å². The van der Waals surface area contributed by atoms with Gasteiger partial charge in [-0.05, 0) is 19.8 Å². The standard InChI is InChI=1S/C10H15NO3/c1-4-8(5-2)9(14-6-11)7(3)10(12)13/h8H,4-5H2,1-3H3,(H,12,13)/b9-7+. The number of rotatable bonds is 5. The lowest BCUT2D eigenvalue weighted by atomic mass is 9.98. The van der Waals surface area contributed by atoms with Crippen molar-refractivity contribution in [2.24, 2.45) is 5.92 Å². The number of hydrogen-bond donors (Lipinski definition) is 1. The number of carboxylic acid groups (broad SMARTS) is 1. The zero-order chi connectivity index (χ0) is 11.1. The monoisotopic (exact) mass is 197 g/mol. The Labute approximate surface area is 83.8 Å². The van der Waals surface area contributed by atoms with E-state index in [9.17, 15) is 4.79 Å². The van der Waals surface area contributed by atoms with Crippen molar-refractivity contribution in [3.8, 4) is 6.26 Å². The van der Waals surface area contributed by atoms with Gasteiger partial charge in [-0.1, -0.05) is 13.8 Å². The van der Waals surface area contributed by atoms with Crippen molar-refractivity contribution in [1.82, 2.24) is 0 Å². The molecule has 4 heteroatoms. The maximum absolute atomic E-state index is 10.7. The number of ether oxygens (including phenoxy) is 1. The Morgan fingerprint density at radius 1 is 1.50 bits per heavy atom. The normalized spacial score (nSPS) is 11.9. The summed E-state index contributed by atoms with van der Waals surface area (Å²) in [6.07, 6.45) is 3.06. The Balaban J connectivity index is 5.01. The van der Waals surface area contributed by atoms with Crippen LogP contribution in [-0.4, -0.2) is 11.1 Å². The fraction of sp³-hybridized carbons (Fsp3) is 0.600. The van der Waals surface area contributed by atoms with Crippen LogP contribution in [0.3, 0.4) is 0 Å². The van der Waals surface area contributed by atoms with Gasteiger partial charge in [0.05, 0.1) is 5.57 Å². The van der Waals surface area contributed by atoms with Gasteiger partial charge in [-0.2, -0.15) is 0 Å². The van der Waals surface area contributed by atoms with Gasteiger partial charge in [-0.3, -0.25) is 0 Å². The minimum absolute atomic E-state index is 0.00532. The Kier molecular flexibility index (Phi) is 5.38. The van der Waals surface area contributed by atoms with Crippen LogP contribution in [0.2, 0.25) is 0 Å². The van der Waals surface area contributed by atoms with Crippen molar-refractivity contribution >= 4 is 5.97 Å². The van der Waals surface area contributed by atoms with Crippen molar-refractivity contribution in [3.63, 3.8) is 0 Å². The highest BCUT2D eigenvalue weighted by Gasteiger charge is 2.19. The average molecular weight is 197 g/mol. The van der Waals surface area contributed by atoms with Crippen LogP contribution in [0.25, 0.3) is 0 Å². The molecule has 0 saturated carbocycles. The second-order valence-electron chi connectivity index (χ2n) is 3.00. The van der Waals surface area contributed by atoms with Crippen LogP contribution < -0.4 is 0 Å². The third-order valence-electron chi connectivity index (χ3n) is 2.20. The molecule has 78 valence electrons. The van der Waals surface area contributed by atoms with Crippen molar-refractivity contribution < 1.29 is 14.6 Å². The first kappa shape index (κ1) is 12.5. The fourth-order valence-corrected chi connectivity index (χ4v) is 1.28. The molecule has 1 N–H and O–H groups in total. The van der Waals surface area contributed by atoms with Gasteiger partial charge >= 0.3 is 5.97 Å². The van der Waals surface area contributed by atoms with Crippen molar-refractivity contribution in [2.45, 2.75) is 33.6 Å². The molecule has 4 nitrogen and oxygen atoms in total. The lowest BCUT2D eigenvalue weighted by Gasteiger charge is -2.15. The molecule has 0 unspecified atom stereocenters. The number of carboxylic acids is 1. The first-order valence-electron chi connectivity index (χ1n) is 4.58. The summed E-state index contributed by atoms with van der Waals surface area (Å²) < 4.78 is 4.71. The summed E-state index contributed by atoms with van der Waals surface area (Å²) >= 11 is 0. The number of aliphatic carboxylic acids is 1. The van der Waals surface area contributed by atoms with Gasteiger partial charge in [0.15, 0.2) is 0 Å². The Bertz CT molecular complexity index is 272. The highest BCUT2D eigenvalue weighted by Crippen LogP contribution is 2.23. The molecule has 0 aromatic heterocycles. The largest absolute Gasteiger partial charge is 0.478 e. The maximum atomic E-state index is 10.7. The summed E-state index contributed by atoms with van der Waals surface area (Å²) in [6.45, 7) is 5.32. The minimum Gasteiger partial charge on any atom is -0.478 e. The van der Waals surface area contributed by atoms with Crippen LogP contribution in [0.1, 0.15) is 33.6 Å². The Morgan fingerprint density at radius 3 is 2.29 bits per heavy atom. The molecular formula is C10H15NO3. The van der Waals surface area contributed by atoms with Crippen molar-refractivity contribution in [1.29, 1.82) is 5.26 Å². The molecule has 14 heavy (non-hydrogen) atoms. The molecular weight excluding hydrogens is 182 g/mol. The highest BCUT2D eigenvalue weighted by atomic mass is 16.5. The van der Waals surface area contributed by atoms with Crippen LogP contribution in [0.5, 0.6) is 0 Å². The van der Waals surface area contributed by atoms with Gasteiger partial charge in [0, 0.05) is 5.92 Å². The Morgan fingerprint density at radius 2 is 2.00 bits per heavy atom. The quantitative estimate of drug-likeness (QED) is 0.417. The minimum atomic E-state index is -1.04. The van der Waals surface area contributed by atoms with Crippen LogP contribution in [0, 0.1) is 17.4 Å². The number of nitriles is 1. The zero-order valence-corrected chi connectivity index (χ0v) is 8.70. The van der Waals surface area contributed by atoms with E-state index >= 15 is 0 Å². The molecule has 0 radical (unpaired) electrons. The van der Waals surface area contributed by atoms with E-state index in [1.165, 1.54) is 13.2 Å². The van der Waals surface area contributed by atoms with E-state index in [4.69, 9.17) is 15.1 Å². The second kappa shape index (κ2) is 6.03. The molecule has 0 aliphatic rings. The summed E-state index contributed by atoms with van der Waals surface area (Å²) in [5.41, 5.74) is 0.111. The topological polar surface area (TPSA) is 70.3 Å². The predicted molar refractivity (Wildman–Crippen MR) is 51.1 cm³/mol. The summed E-state index contributed by atoms with van der Waals surface area (Å²) in [7, 11) is 0. The molecule has 0 rings (SSSR count). The van der Waals surface area contributed by atoms with Gasteiger partial charge in [0.1, 0.15) is 5.76 Å². The smallest absolute Gasteiger partial charge is 0.334 e. The maximum Gasteiger partial charge on any atom is 0.334 e. The summed E-state index contributed by atoms with van der Waals surface area (Å²) in [5.74, 6) is -0.752. The summed E-state index contributed by atoms with van der Waals surface area (Å²) in [6, 6.07) is 0. The SMILES string of the molecule is CCC(CC)/C(OC#N)=C(/C)C(=O)O. The van der Waals surface area contributed by atoms with E-state index < -0.39 is 5.97 Å². The van der Waals surface area contributed by atoms with Crippen LogP contribution in [0.4, 0.5) is 0 Å². The number of allylic oxidation sites excluding steroid dienone is 1. The lowest BCUT2D eigenvalue weighted by molar-refractivity contribution is -0.132. The Hall–Kier alpha value is -1.50. The lowest BCUT2D eigenvalue weighted by Crippen LogP contribution is -2.10. The average Bonchev–Trinajstić information content (AvgIpc) is 2.17. The molecule has 0 amide bonds. The van der Waals surface area contributed by atoms with Crippen LogP contribution in [0.15, 0.2) is 11.3 Å². The molecule has 0 aliphatic heterocycles. The molecule has 0 atom stereocenters.